The molecule has 0 aromatic heterocycles. The number of carboxylic acid groups (broad SMARTS) is 1. The zero-order valence-corrected chi connectivity index (χ0v) is 6.86. The Balaban J connectivity index is 4.14. The summed E-state index contributed by atoms with van der Waals surface area (Å²) >= 11 is 0. The van der Waals surface area contributed by atoms with E-state index in [2.05, 4.69) is 4.74 Å². The summed E-state index contributed by atoms with van der Waals surface area (Å²) < 4.78 is 4.36. The monoisotopic (exact) mass is 174 g/mol. The highest BCUT2D eigenvalue weighted by Gasteiger charge is 2.21. The Hall–Kier alpha value is -1.39. The van der Waals surface area contributed by atoms with Crippen LogP contribution in [0.3, 0.4) is 0 Å². The third-order valence-corrected chi connectivity index (χ3v) is 1.06. The minimum Gasteiger partial charge on any atom is -0.478 e. The third kappa shape index (κ3) is 4.43. The van der Waals surface area contributed by atoms with Gasteiger partial charge in [0.15, 0.2) is 0 Å². The first-order valence-electron chi connectivity index (χ1n) is 3.33. The van der Waals surface area contributed by atoms with Gasteiger partial charge in [0.25, 0.3) is 0 Å². The maximum Gasteiger partial charge on any atom is 0.345 e. The van der Waals surface area contributed by atoms with Crippen molar-refractivity contribution < 1.29 is 24.2 Å². The van der Waals surface area contributed by atoms with Gasteiger partial charge in [-0.05, 0) is 6.92 Å². The quantitative estimate of drug-likeness (QED) is 0.606. The molecule has 0 radical (unpaired) electrons. The first-order valence-corrected chi connectivity index (χ1v) is 3.33. The van der Waals surface area contributed by atoms with Gasteiger partial charge in [-0.2, -0.15) is 0 Å². The smallest absolute Gasteiger partial charge is 0.345 e. The van der Waals surface area contributed by atoms with E-state index in [-0.39, 0.29) is 12.2 Å². The van der Waals surface area contributed by atoms with Crippen molar-refractivity contribution in [1.82, 2.24) is 0 Å². The van der Waals surface area contributed by atoms with E-state index in [9.17, 15) is 14.4 Å². The lowest BCUT2D eigenvalue weighted by Gasteiger charge is -2.09. The van der Waals surface area contributed by atoms with Crippen molar-refractivity contribution >= 4 is 17.7 Å². The normalized spacial score (nSPS) is 11.8. The van der Waals surface area contributed by atoms with E-state index in [0.29, 0.717) is 0 Å². The maximum atomic E-state index is 10.5. The molecule has 0 amide bonds. The Labute approximate surface area is 69.3 Å². The number of esters is 1. The van der Waals surface area contributed by atoms with Crippen molar-refractivity contribution in [2.45, 2.75) is 26.4 Å². The van der Waals surface area contributed by atoms with Gasteiger partial charge in [0, 0.05) is 6.92 Å². The van der Waals surface area contributed by atoms with E-state index in [0.717, 1.165) is 6.92 Å². The number of hydrogen-bond donors (Lipinski definition) is 1. The van der Waals surface area contributed by atoms with Crippen LogP contribution in [-0.4, -0.2) is 28.9 Å². The molecule has 1 unspecified atom stereocenters. The van der Waals surface area contributed by atoms with Crippen LogP contribution in [-0.2, 0) is 19.1 Å². The molecule has 0 aromatic rings. The first-order chi connectivity index (χ1) is 5.43. The lowest BCUT2D eigenvalue weighted by molar-refractivity contribution is -0.163. The summed E-state index contributed by atoms with van der Waals surface area (Å²) in [6, 6.07) is 0. The highest BCUT2D eigenvalue weighted by molar-refractivity contribution is 5.85. The van der Waals surface area contributed by atoms with Crippen LogP contribution in [0.4, 0.5) is 0 Å². The molecule has 0 aliphatic heterocycles. The van der Waals surface area contributed by atoms with Crippen LogP contribution in [0.1, 0.15) is 20.3 Å². The van der Waals surface area contributed by atoms with Crippen LogP contribution in [0.15, 0.2) is 0 Å². The second-order valence-corrected chi connectivity index (χ2v) is 2.34. The molecule has 0 aromatic carbocycles. The third-order valence-electron chi connectivity index (χ3n) is 1.06. The minimum atomic E-state index is -1.35. The fourth-order valence-electron chi connectivity index (χ4n) is 0.641. The number of Topliss-reactive ketones (excluding diaryl/α,β-unsaturated/α-hetero) is 1. The molecule has 5 nitrogen and oxygen atoms in total. The Morgan fingerprint density at radius 1 is 1.33 bits per heavy atom. The van der Waals surface area contributed by atoms with E-state index in [1.54, 1.807) is 0 Å². The second kappa shape index (κ2) is 4.48. The number of aliphatic carboxylic acids is 1. The van der Waals surface area contributed by atoms with E-state index < -0.39 is 18.0 Å². The van der Waals surface area contributed by atoms with E-state index in [1.165, 1.54) is 6.92 Å². The van der Waals surface area contributed by atoms with E-state index in [1.807, 2.05) is 0 Å². The van der Waals surface area contributed by atoms with Crippen molar-refractivity contribution in [3.63, 3.8) is 0 Å². The molecule has 0 aliphatic carbocycles. The zero-order valence-electron chi connectivity index (χ0n) is 6.86. The summed E-state index contributed by atoms with van der Waals surface area (Å²) in [4.78, 5) is 31.2. The van der Waals surface area contributed by atoms with Gasteiger partial charge in [-0.25, -0.2) is 4.79 Å². The molecule has 1 N–H and O–H groups in total. The van der Waals surface area contributed by atoms with Gasteiger partial charge in [0.2, 0.25) is 6.10 Å². The molecule has 0 heterocycles. The SMILES string of the molecule is CC(=O)CC(OC(C)=O)C(=O)O. The Bertz CT molecular complexity index is 192. The van der Waals surface area contributed by atoms with Gasteiger partial charge >= 0.3 is 11.9 Å². The van der Waals surface area contributed by atoms with Crippen LogP contribution in [0.2, 0.25) is 0 Å². The van der Waals surface area contributed by atoms with Gasteiger partial charge in [-0.3, -0.25) is 9.59 Å². The maximum absolute atomic E-state index is 10.5. The van der Waals surface area contributed by atoms with Crippen LogP contribution in [0.5, 0.6) is 0 Å². The molecule has 68 valence electrons. The summed E-state index contributed by atoms with van der Waals surface area (Å²) in [6.45, 7) is 2.33. The van der Waals surface area contributed by atoms with Gasteiger partial charge in [-0.15, -0.1) is 0 Å². The summed E-state index contributed by atoms with van der Waals surface area (Å²) in [5.74, 6) is -2.34. The molecular weight excluding hydrogens is 164 g/mol. The molecule has 0 fully saturated rings. The van der Waals surface area contributed by atoms with Crippen LogP contribution < -0.4 is 0 Å². The standard InChI is InChI=1S/C7H10O5/c1-4(8)3-6(7(10)11)12-5(2)9/h6H,3H2,1-2H3,(H,10,11). The largest absolute Gasteiger partial charge is 0.478 e. The topological polar surface area (TPSA) is 80.7 Å². The highest BCUT2D eigenvalue weighted by Crippen LogP contribution is 2.00. The van der Waals surface area contributed by atoms with Crippen LogP contribution >= 0.6 is 0 Å². The molecule has 0 bridgehead atoms. The van der Waals surface area contributed by atoms with Gasteiger partial charge in [0.1, 0.15) is 5.78 Å². The lowest BCUT2D eigenvalue weighted by Crippen LogP contribution is -2.28. The first kappa shape index (κ1) is 10.6. The molecule has 1 atom stereocenters. The Morgan fingerprint density at radius 2 is 1.83 bits per heavy atom. The highest BCUT2D eigenvalue weighted by atomic mass is 16.6. The number of ketones is 1. The van der Waals surface area contributed by atoms with E-state index in [4.69, 9.17) is 5.11 Å². The molecule has 0 spiro atoms. The number of carbonyl (C=O) groups excluding carboxylic acids is 2. The summed E-state index contributed by atoms with van der Waals surface area (Å²) in [7, 11) is 0. The average Bonchev–Trinajstić information content (AvgIpc) is 1.83. The Morgan fingerprint density at radius 3 is 2.08 bits per heavy atom. The van der Waals surface area contributed by atoms with Gasteiger partial charge in [-0.1, -0.05) is 0 Å². The molecule has 0 aliphatic rings. The van der Waals surface area contributed by atoms with Crippen molar-refractivity contribution in [2.75, 3.05) is 0 Å². The molecule has 5 heteroatoms. The molecule has 0 saturated heterocycles. The molecule has 0 saturated carbocycles. The number of carboxylic acids is 1. The summed E-state index contributed by atoms with van der Waals surface area (Å²) in [5.41, 5.74) is 0. The van der Waals surface area contributed by atoms with Gasteiger partial charge < -0.3 is 9.84 Å². The molecule has 12 heavy (non-hydrogen) atoms. The Kier molecular flexibility index (Phi) is 3.96. The predicted octanol–water partition coefficient (Wildman–Crippen LogP) is -0.0182. The fourth-order valence-corrected chi connectivity index (χ4v) is 0.641. The second-order valence-electron chi connectivity index (χ2n) is 2.34. The van der Waals surface area contributed by atoms with Crippen LogP contribution in [0, 0.1) is 0 Å². The number of carbonyl (C=O) groups is 3. The van der Waals surface area contributed by atoms with Crippen LogP contribution in [0.25, 0.3) is 0 Å². The van der Waals surface area contributed by atoms with Gasteiger partial charge in [0.05, 0.1) is 6.42 Å². The van der Waals surface area contributed by atoms with E-state index >= 15 is 0 Å². The number of ether oxygens (including phenoxy) is 1. The van der Waals surface area contributed by atoms with Crippen molar-refractivity contribution in [3.05, 3.63) is 0 Å². The molecular formula is C7H10O5. The summed E-state index contributed by atoms with van der Waals surface area (Å²) in [5, 5.41) is 8.44. The lowest BCUT2D eigenvalue weighted by atomic mass is 10.2. The van der Waals surface area contributed by atoms with Crippen molar-refractivity contribution in [1.29, 1.82) is 0 Å². The predicted molar refractivity (Wildman–Crippen MR) is 38.5 cm³/mol. The molecule has 0 rings (SSSR count). The fraction of sp³-hybridized carbons (Fsp3) is 0.571. The number of rotatable bonds is 4. The number of hydrogen-bond acceptors (Lipinski definition) is 4. The van der Waals surface area contributed by atoms with Crippen molar-refractivity contribution in [2.24, 2.45) is 0 Å². The zero-order chi connectivity index (χ0) is 9.72. The average molecular weight is 174 g/mol. The van der Waals surface area contributed by atoms with Crippen molar-refractivity contribution in [3.8, 4) is 0 Å². The summed E-state index contributed by atoms with van der Waals surface area (Å²) in [6.07, 6.45) is -1.63. The minimum absolute atomic E-state index is 0.283.